The van der Waals surface area contributed by atoms with Crippen LogP contribution in [0.15, 0.2) is 24.3 Å². The van der Waals surface area contributed by atoms with Crippen LogP contribution < -0.4 is 15.5 Å². The Hall–Kier alpha value is -1.91. The van der Waals surface area contributed by atoms with Gasteiger partial charge in [-0.2, -0.15) is 17.0 Å². The Kier molecular flexibility index (Phi) is 7.06. The molecule has 1 aliphatic carbocycles. The Morgan fingerprint density at radius 3 is 2.40 bits per heavy atom. The number of benzene rings is 1. The molecule has 2 N–H and O–H groups in total. The van der Waals surface area contributed by atoms with E-state index in [1.54, 1.807) is 0 Å². The Balaban J connectivity index is 1.23. The standard InChI is InChI=1S/C23H33N5OS/c24-17-19-3-5-21(6-4-19)27-11-7-20(8-12-27)26-22(29)25-18-23(9-1-2-10-23)28-13-15-30-16-14-28/h3-6,20H,1-2,7-16,18H2,(H2,25,26,29). The van der Waals surface area contributed by atoms with E-state index in [4.69, 9.17) is 5.26 Å². The van der Waals surface area contributed by atoms with Crippen LogP contribution in [0.5, 0.6) is 0 Å². The molecule has 3 fully saturated rings. The van der Waals surface area contributed by atoms with Crippen LogP contribution in [0.25, 0.3) is 0 Å². The van der Waals surface area contributed by atoms with Crippen LogP contribution in [0.2, 0.25) is 0 Å². The summed E-state index contributed by atoms with van der Waals surface area (Å²) in [5, 5.41) is 15.4. The SMILES string of the molecule is N#Cc1ccc(N2CCC(NC(=O)NCC3(N4CCSCC4)CCCC3)CC2)cc1. The van der Waals surface area contributed by atoms with Crippen molar-refractivity contribution in [2.45, 2.75) is 50.1 Å². The molecular weight excluding hydrogens is 394 g/mol. The fourth-order valence-electron chi connectivity index (χ4n) is 5.19. The van der Waals surface area contributed by atoms with Crippen molar-refractivity contribution in [2.75, 3.05) is 49.1 Å². The molecule has 0 radical (unpaired) electrons. The Morgan fingerprint density at radius 2 is 1.77 bits per heavy atom. The van der Waals surface area contributed by atoms with E-state index in [0.29, 0.717) is 5.56 Å². The monoisotopic (exact) mass is 427 g/mol. The number of piperidine rings is 1. The van der Waals surface area contributed by atoms with Crippen molar-refractivity contribution >= 4 is 23.5 Å². The third-order valence-corrected chi connectivity index (χ3v) is 7.93. The van der Waals surface area contributed by atoms with Gasteiger partial charge in [0.1, 0.15) is 0 Å². The zero-order chi connectivity index (χ0) is 20.8. The van der Waals surface area contributed by atoms with Crippen LogP contribution in [0.4, 0.5) is 10.5 Å². The van der Waals surface area contributed by atoms with Gasteiger partial charge in [0.2, 0.25) is 0 Å². The second-order valence-corrected chi connectivity index (χ2v) is 10.0. The van der Waals surface area contributed by atoms with Crippen molar-refractivity contribution in [3.05, 3.63) is 29.8 Å². The van der Waals surface area contributed by atoms with Crippen molar-refractivity contribution in [2.24, 2.45) is 0 Å². The van der Waals surface area contributed by atoms with Crippen LogP contribution in [-0.2, 0) is 0 Å². The van der Waals surface area contributed by atoms with E-state index in [2.05, 4.69) is 26.5 Å². The molecule has 2 heterocycles. The highest BCUT2D eigenvalue weighted by atomic mass is 32.2. The molecule has 0 spiro atoms. The lowest BCUT2D eigenvalue weighted by atomic mass is 9.94. The molecule has 0 aromatic heterocycles. The van der Waals surface area contributed by atoms with Crippen molar-refractivity contribution in [1.29, 1.82) is 5.26 Å². The molecule has 30 heavy (non-hydrogen) atoms. The summed E-state index contributed by atoms with van der Waals surface area (Å²) in [5.41, 5.74) is 2.02. The smallest absolute Gasteiger partial charge is 0.315 e. The lowest BCUT2D eigenvalue weighted by Crippen LogP contribution is -2.58. The number of rotatable bonds is 5. The number of nitrogens with zero attached hydrogens (tertiary/aromatic N) is 3. The molecule has 6 nitrogen and oxygen atoms in total. The average molecular weight is 428 g/mol. The summed E-state index contributed by atoms with van der Waals surface area (Å²) in [4.78, 5) is 17.6. The van der Waals surface area contributed by atoms with Crippen LogP contribution >= 0.6 is 11.8 Å². The largest absolute Gasteiger partial charge is 0.371 e. The number of nitriles is 1. The highest BCUT2D eigenvalue weighted by Gasteiger charge is 2.40. The van der Waals surface area contributed by atoms with Gasteiger partial charge in [0.05, 0.1) is 11.6 Å². The first-order chi connectivity index (χ1) is 14.7. The molecule has 0 atom stereocenters. The summed E-state index contributed by atoms with van der Waals surface area (Å²) in [6.45, 7) is 4.93. The normalized spacial score (nSPS) is 22.4. The highest BCUT2D eigenvalue weighted by Crippen LogP contribution is 2.36. The second-order valence-electron chi connectivity index (χ2n) is 8.78. The number of thioether (sulfide) groups is 1. The van der Waals surface area contributed by atoms with Gasteiger partial charge in [-0.3, -0.25) is 4.90 Å². The van der Waals surface area contributed by atoms with Crippen LogP contribution in [0, 0.1) is 11.3 Å². The molecule has 0 unspecified atom stereocenters. The molecule has 2 amide bonds. The highest BCUT2D eigenvalue weighted by molar-refractivity contribution is 7.99. The lowest BCUT2D eigenvalue weighted by molar-refractivity contribution is 0.104. The number of carbonyl (C=O) groups is 1. The molecule has 7 heteroatoms. The minimum Gasteiger partial charge on any atom is -0.371 e. The number of nitrogens with one attached hydrogen (secondary N) is 2. The van der Waals surface area contributed by atoms with E-state index in [1.165, 1.54) is 37.2 Å². The van der Waals surface area contributed by atoms with E-state index in [1.807, 2.05) is 36.0 Å². The van der Waals surface area contributed by atoms with Crippen molar-refractivity contribution < 1.29 is 4.79 Å². The maximum absolute atomic E-state index is 12.6. The summed E-state index contributed by atoms with van der Waals surface area (Å²) in [5.74, 6) is 2.43. The second kappa shape index (κ2) is 9.93. The molecule has 162 valence electrons. The Morgan fingerprint density at radius 1 is 1.10 bits per heavy atom. The first kappa shape index (κ1) is 21.3. The fraction of sp³-hybridized carbons (Fsp3) is 0.652. The molecule has 1 aromatic rings. The Labute approximate surface area is 184 Å². The minimum absolute atomic E-state index is 0.00974. The van der Waals surface area contributed by atoms with Crippen LogP contribution in [0.1, 0.15) is 44.1 Å². The van der Waals surface area contributed by atoms with Gasteiger partial charge >= 0.3 is 6.03 Å². The van der Waals surface area contributed by atoms with E-state index >= 15 is 0 Å². The van der Waals surface area contributed by atoms with E-state index in [-0.39, 0.29) is 17.6 Å². The third kappa shape index (κ3) is 5.04. The number of carbonyl (C=O) groups excluding carboxylic acids is 1. The summed E-state index contributed by atoms with van der Waals surface area (Å²) < 4.78 is 0. The molecule has 2 saturated heterocycles. The van der Waals surface area contributed by atoms with Gasteiger partial charge in [0.25, 0.3) is 0 Å². The van der Waals surface area contributed by atoms with E-state index < -0.39 is 0 Å². The van der Waals surface area contributed by atoms with Gasteiger partial charge < -0.3 is 15.5 Å². The summed E-state index contributed by atoms with van der Waals surface area (Å²) >= 11 is 2.04. The number of hydrogen-bond acceptors (Lipinski definition) is 5. The molecular formula is C23H33N5OS. The lowest BCUT2D eigenvalue weighted by Gasteiger charge is -2.43. The fourth-order valence-corrected chi connectivity index (χ4v) is 6.09. The molecule has 1 aromatic carbocycles. The molecule has 3 aliphatic rings. The summed E-state index contributed by atoms with van der Waals surface area (Å²) in [6, 6.07) is 10.1. The van der Waals surface area contributed by atoms with Gasteiger partial charge in [-0.25, -0.2) is 4.79 Å². The van der Waals surface area contributed by atoms with Crippen molar-refractivity contribution in [3.63, 3.8) is 0 Å². The first-order valence-corrected chi connectivity index (χ1v) is 12.5. The maximum Gasteiger partial charge on any atom is 0.315 e. The number of amides is 2. The maximum atomic E-state index is 12.6. The number of hydrogen-bond donors (Lipinski definition) is 2. The van der Waals surface area contributed by atoms with Gasteiger partial charge in [0.15, 0.2) is 0 Å². The van der Waals surface area contributed by atoms with Crippen LogP contribution in [-0.4, -0.2) is 66.7 Å². The van der Waals surface area contributed by atoms with Gasteiger partial charge in [0, 0.05) is 61.5 Å². The van der Waals surface area contributed by atoms with Crippen LogP contribution in [0.3, 0.4) is 0 Å². The average Bonchev–Trinajstić information content (AvgIpc) is 3.29. The number of urea groups is 1. The summed E-state index contributed by atoms with van der Waals surface area (Å²) in [7, 11) is 0. The van der Waals surface area contributed by atoms with Gasteiger partial charge in [-0.1, -0.05) is 12.8 Å². The van der Waals surface area contributed by atoms with Gasteiger partial charge in [-0.15, -0.1) is 0 Å². The zero-order valence-corrected chi connectivity index (χ0v) is 18.6. The minimum atomic E-state index is -0.00974. The van der Waals surface area contributed by atoms with E-state index in [0.717, 1.165) is 51.3 Å². The molecule has 4 rings (SSSR count). The first-order valence-electron chi connectivity index (χ1n) is 11.3. The molecule has 2 aliphatic heterocycles. The third-order valence-electron chi connectivity index (χ3n) is 6.99. The predicted octanol–water partition coefficient (Wildman–Crippen LogP) is 3.19. The topological polar surface area (TPSA) is 71.4 Å². The predicted molar refractivity (Wildman–Crippen MR) is 123 cm³/mol. The quantitative estimate of drug-likeness (QED) is 0.755. The molecule has 0 bridgehead atoms. The van der Waals surface area contributed by atoms with Crippen molar-refractivity contribution in [3.8, 4) is 6.07 Å². The summed E-state index contributed by atoms with van der Waals surface area (Å²) in [6.07, 6.45) is 6.87. The molecule has 1 saturated carbocycles. The van der Waals surface area contributed by atoms with E-state index in [9.17, 15) is 4.79 Å². The number of anilines is 1. The van der Waals surface area contributed by atoms with Crippen molar-refractivity contribution in [1.82, 2.24) is 15.5 Å². The Bertz CT molecular complexity index is 742. The zero-order valence-electron chi connectivity index (χ0n) is 17.7. The van der Waals surface area contributed by atoms with Gasteiger partial charge in [-0.05, 0) is 49.9 Å².